The van der Waals surface area contributed by atoms with Crippen molar-refractivity contribution in [1.29, 1.82) is 0 Å². The predicted molar refractivity (Wildman–Crippen MR) is 125 cm³/mol. The Kier molecular flexibility index (Phi) is 9.74. The standard InChI is InChI=1S/C20H27N3O3S.HI/c1-15-5-8-17(19(13-15)26-3)14-23-20(21-2)22-12-11-16-6-9-18(10-7-16)27(4,24)25;/h5-10,13H,11-12,14H2,1-4H3,(H2,21,22,23);1H. The molecule has 0 amide bonds. The van der Waals surface area contributed by atoms with E-state index in [1.165, 1.54) is 6.26 Å². The number of sulfone groups is 1. The third-order valence-corrected chi connectivity index (χ3v) is 5.30. The summed E-state index contributed by atoms with van der Waals surface area (Å²) in [6.07, 6.45) is 1.97. The second kappa shape index (κ2) is 11.3. The molecule has 0 atom stereocenters. The van der Waals surface area contributed by atoms with Crippen LogP contribution >= 0.6 is 24.0 Å². The maximum atomic E-state index is 11.5. The highest BCUT2D eigenvalue weighted by Crippen LogP contribution is 2.19. The second-order valence-corrected chi connectivity index (χ2v) is 8.35. The quantitative estimate of drug-likeness (QED) is 0.336. The van der Waals surface area contributed by atoms with E-state index in [1.807, 2.05) is 31.2 Å². The lowest BCUT2D eigenvalue weighted by Crippen LogP contribution is -2.37. The SMILES string of the molecule is CN=C(NCCc1ccc(S(C)(=O)=O)cc1)NCc1ccc(C)cc1OC.I. The van der Waals surface area contributed by atoms with Gasteiger partial charge in [-0.15, -0.1) is 24.0 Å². The van der Waals surface area contributed by atoms with Gasteiger partial charge in [-0.05, 0) is 42.7 Å². The van der Waals surface area contributed by atoms with Crippen LogP contribution in [0.2, 0.25) is 0 Å². The number of halogens is 1. The van der Waals surface area contributed by atoms with Gasteiger partial charge in [-0.2, -0.15) is 0 Å². The fraction of sp³-hybridized carbons (Fsp3) is 0.350. The maximum absolute atomic E-state index is 11.5. The zero-order valence-electron chi connectivity index (χ0n) is 16.7. The average molecular weight is 517 g/mol. The zero-order chi connectivity index (χ0) is 19.9. The molecule has 0 aliphatic carbocycles. The van der Waals surface area contributed by atoms with E-state index >= 15 is 0 Å². The first-order valence-electron chi connectivity index (χ1n) is 8.70. The lowest BCUT2D eigenvalue weighted by molar-refractivity contribution is 0.408. The van der Waals surface area contributed by atoms with Crippen molar-refractivity contribution in [3.63, 3.8) is 0 Å². The van der Waals surface area contributed by atoms with Crippen molar-refractivity contribution in [1.82, 2.24) is 10.6 Å². The number of guanidine groups is 1. The van der Waals surface area contributed by atoms with E-state index in [0.717, 1.165) is 28.9 Å². The fourth-order valence-electron chi connectivity index (χ4n) is 2.63. The second-order valence-electron chi connectivity index (χ2n) is 6.33. The first-order valence-corrected chi connectivity index (χ1v) is 10.6. The van der Waals surface area contributed by atoms with Gasteiger partial charge >= 0.3 is 0 Å². The Labute approximate surface area is 184 Å². The molecule has 8 heteroatoms. The normalized spacial score (nSPS) is 11.5. The van der Waals surface area contributed by atoms with Gasteiger partial charge in [0.2, 0.25) is 0 Å². The van der Waals surface area contributed by atoms with Gasteiger partial charge in [0.25, 0.3) is 0 Å². The lowest BCUT2D eigenvalue weighted by atomic mass is 10.1. The molecular formula is C20H28IN3O3S. The van der Waals surface area contributed by atoms with Crippen LogP contribution < -0.4 is 15.4 Å². The molecular weight excluding hydrogens is 489 g/mol. The van der Waals surface area contributed by atoms with E-state index in [2.05, 4.69) is 21.7 Å². The van der Waals surface area contributed by atoms with Crippen LogP contribution in [0.4, 0.5) is 0 Å². The summed E-state index contributed by atoms with van der Waals surface area (Å²) in [6.45, 7) is 3.32. The number of rotatable bonds is 7. The number of hydrogen-bond acceptors (Lipinski definition) is 4. The van der Waals surface area contributed by atoms with Gasteiger partial charge in [-0.25, -0.2) is 8.42 Å². The minimum Gasteiger partial charge on any atom is -0.496 e. The Morgan fingerprint density at radius 1 is 1.11 bits per heavy atom. The molecule has 0 saturated carbocycles. The molecule has 2 N–H and O–H groups in total. The number of nitrogens with one attached hydrogen (secondary N) is 2. The largest absolute Gasteiger partial charge is 0.496 e. The minimum absolute atomic E-state index is 0. The molecule has 0 aromatic heterocycles. The van der Waals surface area contributed by atoms with Crippen LogP contribution in [-0.4, -0.2) is 41.3 Å². The van der Waals surface area contributed by atoms with Crippen molar-refractivity contribution >= 4 is 39.8 Å². The van der Waals surface area contributed by atoms with E-state index in [1.54, 1.807) is 26.3 Å². The molecule has 0 aliphatic rings. The Bertz CT molecular complexity index is 897. The van der Waals surface area contributed by atoms with Crippen LogP contribution in [0.1, 0.15) is 16.7 Å². The summed E-state index contributed by atoms with van der Waals surface area (Å²) in [7, 11) is 0.237. The smallest absolute Gasteiger partial charge is 0.191 e. The lowest BCUT2D eigenvalue weighted by Gasteiger charge is -2.14. The van der Waals surface area contributed by atoms with Gasteiger partial charge in [0.15, 0.2) is 15.8 Å². The van der Waals surface area contributed by atoms with Crippen molar-refractivity contribution in [2.75, 3.05) is 27.0 Å². The average Bonchev–Trinajstić information content (AvgIpc) is 2.64. The molecule has 154 valence electrons. The van der Waals surface area contributed by atoms with E-state index < -0.39 is 9.84 Å². The number of nitrogens with zero attached hydrogens (tertiary/aromatic N) is 1. The molecule has 0 unspecified atom stereocenters. The first-order chi connectivity index (χ1) is 12.8. The third kappa shape index (κ3) is 7.31. The fourth-order valence-corrected chi connectivity index (χ4v) is 3.26. The van der Waals surface area contributed by atoms with E-state index in [-0.39, 0.29) is 24.0 Å². The van der Waals surface area contributed by atoms with E-state index in [0.29, 0.717) is 23.9 Å². The number of hydrogen-bond donors (Lipinski definition) is 2. The predicted octanol–water partition coefficient (Wildman–Crippen LogP) is 2.93. The molecule has 28 heavy (non-hydrogen) atoms. The molecule has 2 aromatic carbocycles. The molecule has 0 fully saturated rings. The summed E-state index contributed by atoms with van der Waals surface area (Å²) in [6, 6.07) is 13.1. The maximum Gasteiger partial charge on any atom is 0.191 e. The Hall–Kier alpha value is -1.81. The topological polar surface area (TPSA) is 79.8 Å². The number of aliphatic imine (C=N–C) groups is 1. The van der Waals surface area contributed by atoms with Crippen molar-refractivity contribution in [2.24, 2.45) is 4.99 Å². The third-order valence-electron chi connectivity index (χ3n) is 4.17. The highest BCUT2D eigenvalue weighted by molar-refractivity contribution is 14.0. The minimum atomic E-state index is -3.15. The Morgan fingerprint density at radius 3 is 2.36 bits per heavy atom. The van der Waals surface area contributed by atoms with Crippen LogP contribution in [0.5, 0.6) is 5.75 Å². The monoisotopic (exact) mass is 517 g/mol. The number of methoxy groups -OCH3 is 1. The summed E-state index contributed by atoms with van der Waals surface area (Å²) in [5.74, 6) is 1.55. The van der Waals surface area contributed by atoms with Crippen molar-refractivity contribution in [3.8, 4) is 5.75 Å². The van der Waals surface area contributed by atoms with Crippen LogP contribution in [0.25, 0.3) is 0 Å². The highest BCUT2D eigenvalue weighted by Gasteiger charge is 2.07. The van der Waals surface area contributed by atoms with Crippen molar-refractivity contribution in [2.45, 2.75) is 24.8 Å². The zero-order valence-corrected chi connectivity index (χ0v) is 19.8. The molecule has 0 spiro atoms. The number of benzene rings is 2. The van der Waals surface area contributed by atoms with Crippen molar-refractivity contribution in [3.05, 3.63) is 59.2 Å². The van der Waals surface area contributed by atoms with Crippen LogP contribution in [0.3, 0.4) is 0 Å². The van der Waals surface area contributed by atoms with Gasteiger partial charge in [0.05, 0.1) is 12.0 Å². The molecule has 0 saturated heterocycles. The van der Waals surface area contributed by atoms with Gasteiger partial charge < -0.3 is 15.4 Å². The summed E-state index contributed by atoms with van der Waals surface area (Å²) in [5.41, 5.74) is 3.27. The molecule has 0 bridgehead atoms. The summed E-state index contributed by atoms with van der Waals surface area (Å²) in [5, 5.41) is 6.54. The van der Waals surface area contributed by atoms with Gasteiger partial charge in [0, 0.05) is 32.0 Å². The molecule has 0 aliphatic heterocycles. The van der Waals surface area contributed by atoms with Gasteiger partial charge in [-0.3, -0.25) is 4.99 Å². The highest BCUT2D eigenvalue weighted by atomic mass is 127. The summed E-state index contributed by atoms with van der Waals surface area (Å²) >= 11 is 0. The number of aryl methyl sites for hydroxylation is 1. The number of ether oxygens (including phenoxy) is 1. The van der Waals surface area contributed by atoms with Crippen LogP contribution in [0, 0.1) is 6.92 Å². The molecule has 2 aromatic rings. The van der Waals surface area contributed by atoms with E-state index in [9.17, 15) is 8.42 Å². The summed E-state index contributed by atoms with van der Waals surface area (Å²) < 4.78 is 28.4. The summed E-state index contributed by atoms with van der Waals surface area (Å²) in [4.78, 5) is 4.56. The van der Waals surface area contributed by atoms with E-state index in [4.69, 9.17) is 4.74 Å². The molecule has 0 radical (unpaired) electrons. The van der Waals surface area contributed by atoms with Crippen LogP contribution in [-0.2, 0) is 22.8 Å². The first kappa shape index (κ1) is 24.2. The Morgan fingerprint density at radius 2 is 1.79 bits per heavy atom. The van der Waals surface area contributed by atoms with Gasteiger partial charge in [0.1, 0.15) is 5.75 Å². The van der Waals surface area contributed by atoms with Crippen LogP contribution in [0.15, 0.2) is 52.4 Å². The van der Waals surface area contributed by atoms with Crippen molar-refractivity contribution < 1.29 is 13.2 Å². The Balaban J connectivity index is 0.00000392. The molecule has 0 heterocycles. The van der Waals surface area contributed by atoms with Gasteiger partial charge in [-0.1, -0.05) is 24.3 Å². The molecule has 6 nitrogen and oxygen atoms in total. The molecule has 2 rings (SSSR count).